The monoisotopic (exact) mass is 175 g/mol. The van der Waals surface area contributed by atoms with E-state index in [0.717, 1.165) is 0 Å². The highest BCUT2D eigenvalue weighted by molar-refractivity contribution is 6.31. The molecule has 0 radical (unpaired) electrons. The van der Waals surface area contributed by atoms with Crippen molar-refractivity contribution in [2.24, 2.45) is 0 Å². The predicted octanol–water partition coefficient (Wildman–Crippen LogP) is 1.59. The zero-order chi connectivity index (χ0) is 8.43. The molecule has 60 valence electrons. The Morgan fingerprint density at radius 1 is 1.82 bits per heavy atom. The van der Waals surface area contributed by atoms with E-state index in [-0.39, 0.29) is 10.8 Å². The van der Waals surface area contributed by atoms with Crippen LogP contribution in [0.4, 0.5) is 0 Å². The van der Waals surface area contributed by atoms with E-state index in [1.165, 1.54) is 0 Å². The van der Waals surface area contributed by atoms with Gasteiger partial charge in [-0.3, -0.25) is 0 Å². The van der Waals surface area contributed by atoms with Crippen LogP contribution in [0.3, 0.4) is 0 Å². The van der Waals surface area contributed by atoms with Gasteiger partial charge in [-0.25, -0.2) is 4.79 Å². The van der Waals surface area contributed by atoms with Crippen LogP contribution < -0.4 is 0 Å². The van der Waals surface area contributed by atoms with Crippen LogP contribution in [0.25, 0.3) is 0 Å². The van der Waals surface area contributed by atoms with Gasteiger partial charge in [0, 0.05) is 0 Å². The molecule has 1 N–H and O–H groups in total. The molecule has 0 saturated heterocycles. The molecule has 0 bridgehead atoms. The van der Waals surface area contributed by atoms with Crippen molar-refractivity contribution in [3.8, 4) is 0 Å². The normalized spacial score (nSPS) is 10.0. The van der Waals surface area contributed by atoms with Gasteiger partial charge in [0.2, 0.25) is 5.22 Å². The zero-order valence-corrected chi connectivity index (χ0v) is 6.55. The summed E-state index contributed by atoms with van der Waals surface area (Å²) in [5.74, 6) is -1.10. The van der Waals surface area contributed by atoms with Gasteiger partial charge in [-0.05, 0) is 18.0 Å². The van der Waals surface area contributed by atoms with Crippen LogP contribution in [0.1, 0.15) is 23.0 Å². The molecule has 0 saturated carbocycles. The van der Waals surface area contributed by atoms with Crippen molar-refractivity contribution >= 4 is 17.6 Å². The molecule has 0 aliphatic rings. The van der Waals surface area contributed by atoms with E-state index < -0.39 is 5.97 Å². The lowest BCUT2D eigenvalue weighted by atomic mass is 10.2. The maximum Gasteiger partial charge on any atom is 0.342 e. The number of carbonyl (C=O) groups is 1. The predicted molar refractivity (Wildman–Crippen MR) is 37.9 cm³/mol. The summed E-state index contributed by atoms with van der Waals surface area (Å²) in [5.41, 5.74) is 0.344. The van der Waals surface area contributed by atoms with E-state index in [1.54, 1.807) is 6.92 Å². The Labute approximate surface area is 67.8 Å². The topological polar surface area (TPSA) is 63.3 Å². The van der Waals surface area contributed by atoms with Gasteiger partial charge in [-0.1, -0.05) is 12.1 Å². The van der Waals surface area contributed by atoms with Gasteiger partial charge in [0.05, 0.1) is 5.69 Å². The van der Waals surface area contributed by atoms with Gasteiger partial charge >= 0.3 is 5.97 Å². The summed E-state index contributed by atoms with van der Waals surface area (Å²) in [6, 6.07) is 0. The number of hydrogen-bond acceptors (Lipinski definition) is 3. The maximum atomic E-state index is 10.5. The van der Waals surface area contributed by atoms with E-state index in [1.807, 2.05) is 0 Å². The van der Waals surface area contributed by atoms with Crippen molar-refractivity contribution in [3.63, 3.8) is 0 Å². The first-order valence-electron chi connectivity index (χ1n) is 3.04. The van der Waals surface area contributed by atoms with Gasteiger partial charge in [0.1, 0.15) is 5.56 Å². The third-order valence-electron chi connectivity index (χ3n) is 1.27. The summed E-state index contributed by atoms with van der Waals surface area (Å²) in [7, 11) is 0. The molecule has 0 unspecified atom stereocenters. The summed E-state index contributed by atoms with van der Waals surface area (Å²) in [4.78, 5) is 10.5. The van der Waals surface area contributed by atoms with Crippen LogP contribution in [0.15, 0.2) is 4.52 Å². The molecule has 0 aromatic carbocycles. The molecule has 0 amide bonds. The Kier molecular flexibility index (Phi) is 2.14. The fourth-order valence-corrected chi connectivity index (χ4v) is 0.973. The standard InChI is InChI=1S/C6H6ClNO3/c1-2-3-4(6(9)10)5(7)11-8-3/h2H2,1H3,(H,9,10). The number of aromatic carboxylic acids is 1. The minimum absolute atomic E-state index is 0.0332. The molecule has 4 nitrogen and oxygen atoms in total. The van der Waals surface area contributed by atoms with Crippen LogP contribution in [0.5, 0.6) is 0 Å². The average Bonchev–Trinajstić information content (AvgIpc) is 2.30. The molecule has 11 heavy (non-hydrogen) atoms. The largest absolute Gasteiger partial charge is 0.477 e. The molecule has 5 heteroatoms. The number of halogens is 1. The van der Waals surface area contributed by atoms with E-state index in [2.05, 4.69) is 9.68 Å². The Hall–Kier alpha value is -1.03. The molecular weight excluding hydrogens is 170 g/mol. The number of aromatic nitrogens is 1. The first-order valence-corrected chi connectivity index (χ1v) is 3.42. The summed E-state index contributed by atoms with van der Waals surface area (Å²) in [5, 5.41) is 11.9. The molecule has 1 heterocycles. The van der Waals surface area contributed by atoms with E-state index in [0.29, 0.717) is 12.1 Å². The molecule has 1 rings (SSSR count). The molecule has 1 aromatic rings. The maximum absolute atomic E-state index is 10.5. The second-order valence-electron chi connectivity index (χ2n) is 1.94. The Bertz CT molecular complexity index is 281. The smallest absolute Gasteiger partial charge is 0.342 e. The summed E-state index contributed by atoms with van der Waals surface area (Å²) in [6.45, 7) is 1.78. The highest BCUT2D eigenvalue weighted by Gasteiger charge is 2.19. The van der Waals surface area contributed by atoms with Crippen LogP contribution in [-0.2, 0) is 6.42 Å². The number of carboxylic acids is 1. The second-order valence-corrected chi connectivity index (χ2v) is 2.28. The van der Waals surface area contributed by atoms with Gasteiger partial charge in [0.15, 0.2) is 0 Å². The van der Waals surface area contributed by atoms with Crippen molar-refractivity contribution in [2.75, 3.05) is 0 Å². The van der Waals surface area contributed by atoms with Gasteiger partial charge in [-0.15, -0.1) is 0 Å². The summed E-state index contributed by atoms with van der Waals surface area (Å²) in [6.07, 6.45) is 0.498. The Balaban J connectivity index is 3.17. The SMILES string of the molecule is CCc1noc(Cl)c1C(=O)O. The lowest BCUT2D eigenvalue weighted by Gasteiger charge is -1.88. The lowest BCUT2D eigenvalue weighted by Crippen LogP contribution is -1.99. The number of carboxylic acid groups (broad SMARTS) is 1. The van der Waals surface area contributed by atoms with E-state index in [4.69, 9.17) is 16.7 Å². The minimum atomic E-state index is -1.10. The summed E-state index contributed by atoms with van der Waals surface area (Å²) < 4.78 is 4.48. The van der Waals surface area contributed by atoms with Crippen LogP contribution in [0, 0.1) is 0 Å². The molecular formula is C6H6ClNO3. The number of nitrogens with zero attached hydrogens (tertiary/aromatic N) is 1. The molecule has 0 aliphatic heterocycles. The van der Waals surface area contributed by atoms with Crippen molar-refractivity contribution in [1.29, 1.82) is 0 Å². The fraction of sp³-hybridized carbons (Fsp3) is 0.333. The molecule has 0 spiro atoms. The second kappa shape index (κ2) is 2.92. The van der Waals surface area contributed by atoms with Crippen LogP contribution in [0.2, 0.25) is 5.22 Å². The van der Waals surface area contributed by atoms with Crippen molar-refractivity contribution < 1.29 is 14.4 Å². The number of rotatable bonds is 2. The van der Waals surface area contributed by atoms with Crippen molar-refractivity contribution in [3.05, 3.63) is 16.5 Å². The fourth-order valence-electron chi connectivity index (χ4n) is 0.749. The lowest BCUT2D eigenvalue weighted by molar-refractivity contribution is 0.0695. The molecule has 0 fully saturated rings. The zero-order valence-electron chi connectivity index (χ0n) is 5.80. The number of hydrogen-bond donors (Lipinski definition) is 1. The van der Waals surface area contributed by atoms with Crippen molar-refractivity contribution in [1.82, 2.24) is 5.16 Å². The minimum Gasteiger partial charge on any atom is -0.477 e. The quantitative estimate of drug-likeness (QED) is 0.742. The van der Waals surface area contributed by atoms with Crippen LogP contribution in [-0.4, -0.2) is 16.2 Å². The highest BCUT2D eigenvalue weighted by atomic mass is 35.5. The van der Waals surface area contributed by atoms with E-state index in [9.17, 15) is 4.79 Å². The summed E-state index contributed by atoms with van der Waals surface area (Å²) >= 11 is 5.41. The first kappa shape index (κ1) is 8.07. The third kappa shape index (κ3) is 1.35. The van der Waals surface area contributed by atoms with Crippen LogP contribution >= 0.6 is 11.6 Å². The third-order valence-corrected chi connectivity index (χ3v) is 1.53. The first-order chi connectivity index (χ1) is 5.16. The van der Waals surface area contributed by atoms with Crippen molar-refractivity contribution in [2.45, 2.75) is 13.3 Å². The average molecular weight is 176 g/mol. The van der Waals surface area contributed by atoms with Gasteiger partial charge in [-0.2, -0.15) is 0 Å². The molecule has 0 aliphatic carbocycles. The van der Waals surface area contributed by atoms with Gasteiger partial charge in [0.25, 0.3) is 0 Å². The molecule has 1 aromatic heterocycles. The number of aryl methyl sites for hydroxylation is 1. The highest BCUT2D eigenvalue weighted by Crippen LogP contribution is 2.19. The Morgan fingerprint density at radius 2 is 2.45 bits per heavy atom. The van der Waals surface area contributed by atoms with E-state index >= 15 is 0 Å². The molecule has 0 atom stereocenters. The van der Waals surface area contributed by atoms with Gasteiger partial charge < -0.3 is 9.63 Å². The Morgan fingerprint density at radius 3 is 2.82 bits per heavy atom.